The first-order valence-corrected chi connectivity index (χ1v) is 12.4. The molecule has 1 aliphatic rings. The van der Waals surface area contributed by atoms with Crippen LogP contribution in [0.2, 0.25) is 0 Å². The molecular formula is C24H26N4O4S. The Balaban J connectivity index is 1.24. The normalized spacial score (nSPS) is 18.5. The van der Waals surface area contributed by atoms with Crippen LogP contribution in [0.3, 0.4) is 0 Å². The smallest absolute Gasteiger partial charge is 0.271 e. The van der Waals surface area contributed by atoms with Crippen LogP contribution in [-0.4, -0.2) is 31.8 Å². The zero-order valence-electron chi connectivity index (χ0n) is 18.0. The number of aromatic nitrogens is 1. The van der Waals surface area contributed by atoms with E-state index in [4.69, 9.17) is 0 Å². The zero-order valence-corrected chi connectivity index (χ0v) is 18.8. The Bertz CT molecular complexity index is 1240. The van der Waals surface area contributed by atoms with E-state index in [0.29, 0.717) is 24.9 Å². The highest BCUT2D eigenvalue weighted by Crippen LogP contribution is 2.29. The number of hydrogen-bond acceptors (Lipinski definition) is 5. The van der Waals surface area contributed by atoms with Crippen molar-refractivity contribution < 1.29 is 18.0 Å². The maximum Gasteiger partial charge on any atom is 0.271 e. The number of hydrogen-bond donors (Lipinski definition) is 3. The van der Waals surface area contributed by atoms with E-state index < -0.39 is 15.9 Å². The molecule has 1 fully saturated rings. The first-order valence-electron chi connectivity index (χ1n) is 10.9. The van der Waals surface area contributed by atoms with Crippen LogP contribution in [0.15, 0.2) is 71.9 Å². The predicted molar refractivity (Wildman–Crippen MR) is 124 cm³/mol. The number of nitrogens with one attached hydrogen (secondary N) is 3. The maximum absolute atomic E-state index is 12.7. The average Bonchev–Trinajstić information content (AvgIpc) is 2.86. The molecule has 1 saturated carbocycles. The number of amides is 2. The maximum atomic E-state index is 12.7. The Morgan fingerprint density at radius 1 is 0.909 bits per heavy atom. The molecule has 9 heteroatoms. The van der Waals surface area contributed by atoms with Crippen molar-refractivity contribution in [2.24, 2.45) is 11.8 Å². The molecular weight excluding hydrogens is 440 g/mol. The summed E-state index contributed by atoms with van der Waals surface area (Å²) in [6, 6.07) is 16.0. The Morgan fingerprint density at radius 3 is 2.39 bits per heavy atom. The molecule has 1 aromatic heterocycles. The minimum atomic E-state index is -3.61. The van der Waals surface area contributed by atoms with E-state index in [-0.39, 0.29) is 22.6 Å². The first kappa shape index (κ1) is 22.9. The highest BCUT2D eigenvalue weighted by molar-refractivity contribution is 7.89. The lowest BCUT2D eigenvalue weighted by Gasteiger charge is -2.27. The van der Waals surface area contributed by atoms with Crippen LogP contribution >= 0.6 is 0 Å². The largest absolute Gasteiger partial charge is 0.273 e. The molecule has 0 spiro atoms. The molecule has 1 aliphatic carbocycles. The highest BCUT2D eigenvalue weighted by atomic mass is 32.2. The number of sulfonamides is 1. The lowest BCUT2D eigenvalue weighted by atomic mass is 9.82. The summed E-state index contributed by atoms with van der Waals surface area (Å²) in [6.07, 6.45) is 5.72. The molecule has 0 radical (unpaired) electrons. The Morgan fingerprint density at radius 2 is 1.67 bits per heavy atom. The molecule has 0 bridgehead atoms. The first-order chi connectivity index (χ1) is 15.9. The molecule has 2 amide bonds. The molecule has 0 atom stereocenters. The van der Waals surface area contributed by atoms with Crippen LogP contribution in [0.4, 0.5) is 0 Å². The number of carbonyl (C=O) groups is 2. The van der Waals surface area contributed by atoms with Gasteiger partial charge in [-0.1, -0.05) is 30.3 Å². The van der Waals surface area contributed by atoms with Gasteiger partial charge in [0.1, 0.15) is 0 Å². The predicted octanol–water partition coefficient (Wildman–Crippen LogP) is 2.78. The summed E-state index contributed by atoms with van der Waals surface area (Å²) in [5.74, 6) is -0.711. The second-order valence-electron chi connectivity index (χ2n) is 8.26. The Labute approximate surface area is 192 Å². The van der Waals surface area contributed by atoms with Crippen LogP contribution in [0.5, 0.6) is 0 Å². The fourth-order valence-electron chi connectivity index (χ4n) is 4.06. The van der Waals surface area contributed by atoms with E-state index in [1.807, 2.05) is 24.3 Å². The third-order valence-electron chi connectivity index (χ3n) is 6.03. The Kier molecular flexibility index (Phi) is 7.00. The van der Waals surface area contributed by atoms with Crippen molar-refractivity contribution in [3.8, 4) is 0 Å². The van der Waals surface area contributed by atoms with E-state index >= 15 is 0 Å². The fraction of sp³-hybridized carbons (Fsp3) is 0.292. The molecule has 33 heavy (non-hydrogen) atoms. The van der Waals surface area contributed by atoms with Gasteiger partial charge in [-0.2, -0.15) is 0 Å². The number of benzene rings is 2. The molecule has 1 heterocycles. The number of nitrogens with zero attached hydrogens (tertiary/aromatic N) is 1. The van der Waals surface area contributed by atoms with Crippen LogP contribution in [-0.2, 0) is 14.8 Å². The lowest BCUT2D eigenvalue weighted by molar-refractivity contribution is -0.127. The summed E-state index contributed by atoms with van der Waals surface area (Å²) in [6.45, 7) is 0.335. The number of fused-ring (bicyclic) bond motifs is 1. The van der Waals surface area contributed by atoms with Gasteiger partial charge in [-0.3, -0.25) is 25.4 Å². The summed E-state index contributed by atoms with van der Waals surface area (Å²) in [7, 11) is -3.61. The summed E-state index contributed by atoms with van der Waals surface area (Å²) >= 11 is 0. The van der Waals surface area contributed by atoms with E-state index in [1.165, 1.54) is 6.20 Å². The minimum Gasteiger partial charge on any atom is -0.273 e. The topological polar surface area (TPSA) is 117 Å². The van der Waals surface area contributed by atoms with Gasteiger partial charge < -0.3 is 0 Å². The van der Waals surface area contributed by atoms with Crippen molar-refractivity contribution >= 4 is 32.6 Å². The fourth-order valence-corrected chi connectivity index (χ4v) is 5.21. The highest BCUT2D eigenvalue weighted by Gasteiger charge is 2.27. The SMILES string of the molecule is O=C(NNC(=O)C1CCC(CNS(=O)(=O)c2ccc3ccccc3c2)CC1)c1cccnc1. The van der Waals surface area contributed by atoms with E-state index in [2.05, 4.69) is 20.6 Å². The summed E-state index contributed by atoms with van der Waals surface area (Å²) in [4.78, 5) is 28.5. The number of hydrazine groups is 1. The van der Waals surface area contributed by atoms with Gasteiger partial charge in [-0.15, -0.1) is 0 Å². The second-order valence-corrected chi connectivity index (χ2v) is 10.0. The van der Waals surface area contributed by atoms with Crippen molar-refractivity contribution in [2.75, 3.05) is 6.54 Å². The van der Waals surface area contributed by atoms with E-state index in [9.17, 15) is 18.0 Å². The van der Waals surface area contributed by atoms with Gasteiger partial charge in [0.15, 0.2) is 0 Å². The van der Waals surface area contributed by atoms with E-state index in [0.717, 1.165) is 23.6 Å². The van der Waals surface area contributed by atoms with Gasteiger partial charge >= 0.3 is 0 Å². The van der Waals surface area contributed by atoms with Crippen molar-refractivity contribution in [2.45, 2.75) is 30.6 Å². The standard InChI is InChI=1S/C24H26N4O4S/c29-23(27-28-24(30)21-6-3-13-25-16-21)19-9-7-17(8-10-19)15-26-33(31,32)22-12-11-18-4-1-2-5-20(18)14-22/h1-6,11-14,16-17,19,26H,7-10,15H2,(H,27,29)(H,28,30). The van der Waals surface area contributed by atoms with Crippen molar-refractivity contribution in [1.29, 1.82) is 0 Å². The monoisotopic (exact) mass is 466 g/mol. The van der Waals surface area contributed by atoms with Gasteiger partial charge in [-0.05, 0) is 66.6 Å². The number of rotatable bonds is 6. The summed E-state index contributed by atoms with van der Waals surface area (Å²) < 4.78 is 28.2. The summed E-state index contributed by atoms with van der Waals surface area (Å²) in [5, 5.41) is 1.87. The van der Waals surface area contributed by atoms with Crippen LogP contribution < -0.4 is 15.6 Å². The third-order valence-corrected chi connectivity index (χ3v) is 7.46. The van der Waals surface area contributed by atoms with Gasteiger partial charge in [0.05, 0.1) is 10.5 Å². The van der Waals surface area contributed by atoms with Gasteiger partial charge in [0.25, 0.3) is 5.91 Å². The van der Waals surface area contributed by atoms with Crippen LogP contribution in [0.25, 0.3) is 10.8 Å². The van der Waals surface area contributed by atoms with Crippen molar-refractivity contribution in [1.82, 2.24) is 20.6 Å². The second kappa shape index (κ2) is 10.1. The quantitative estimate of drug-likeness (QED) is 0.483. The molecule has 8 nitrogen and oxygen atoms in total. The van der Waals surface area contributed by atoms with E-state index in [1.54, 1.807) is 36.5 Å². The third kappa shape index (κ3) is 5.74. The van der Waals surface area contributed by atoms with Gasteiger partial charge in [0, 0.05) is 24.9 Å². The number of carbonyl (C=O) groups excluding carboxylic acids is 2. The van der Waals surface area contributed by atoms with Gasteiger partial charge in [-0.25, -0.2) is 13.1 Å². The molecule has 4 rings (SSSR count). The molecule has 3 aromatic rings. The molecule has 0 aliphatic heterocycles. The lowest BCUT2D eigenvalue weighted by Crippen LogP contribution is -2.45. The van der Waals surface area contributed by atoms with Gasteiger partial charge in [0.2, 0.25) is 15.9 Å². The number of pyridine rings is 1. The molecule has 3 N–H and O–H groups in total. The summed E-state index contributed by atoms with van der Waals surface area (Å²) in [5.41, 5.74) is 5.25. The van der Waals surface area contributed by atoms with Crippen LogP contribution in [0.1, 0.15) is 36.0 Å². The Hall–Kier alpha value is -3.30. The molecule has 0 unspecified atom stereocenters. The zero-order chi connectivity index (χ0) is 23.3. The van der Waals surface area contributed by atoms with Crippen molar-refractivity contribution in [3.63, 3.8) is 0 Å². The average molecular weight is 467 g/mol. The molecule has 0 saturated heterocycles. The van der Waals surface area contributed by atoms with Crippen molar-refractivity contribution in [3.05, 3.63) is 72.6 Å². The minimum absolute atomic E-state index is 0.161. The molecule has 2 aromatic carbocycles. The van der Waals surface area contributed by atoms with Crippen LogP contribution in [0, 0.1) is 11.8 Å². The molecule has 172 valence electrons.